The second-order valence-corrected chi connectivity index (χ2v) is 7.59. The fourth-order valence-corrected chi connectivity index (χ4v) is 4.40. The van der Waals surface area contributed by atoms with Crippen molar-refractivity contribution in [2.45, 2.75) is 31.2 Å². The predicted molar refractivity (Wildman–Crippen MR) is 98.4 cm³/mol. The second-order valence-electron chi connectivity index (χ2n) is 7.59. The van der Waals surface area contributed by atoms with Crippen molar-refractivity contribution in [2.24, 2.45) is 5.92 Å². The van der Waals surface area contributed by atoms with E-state index in [4.69, 9.17) is 9.47 Å². The Kier molecular flexibility index (Phi) is 4.03. The first-order chi connectivity index (χ1) is 13.2. The zero-order valence-electron chi connectivity index (χ0n) is 15.1. The molecule has 2 aliphatic heterocycles. The van der Waals surface area contributed by atoms with Gasteiger partial charge in [0.2, 0.25) is 5.91 Å². The molecule has 0 aromatic heterocycles. The molecule has 1 saturated carbocycles. The molecule has 2 aromatic carbocycles. The van der Waals surface area contributed by atoms with Gasteiger partial charge in [0.05, 0.1) is 6.04 Å². The van der Waals surface area contributed by atoms with Crippen molar-refractivity contribution in [1.82, 2.24) is 4.90 Å². The maximum absolute atomic E-state index is 13.1. The van der Waals surface area contributed by atoms with E-state index >= 15 is 0 Å². The molecule has 5 rings (SSSR count). The van der Waals surface area contributed by atoms with Crippen molar-refractivity contribution >= 4 is 5.91 Å². The highest BCUT2D eigenvalue weighted by atomic mass is 19.1. The summed E-state index contributed by atoms with van der Waals surface area (Å²) in [5.74, 6) is 1.78. The third-order valence-corrected chi connectivity index (χ3v) is 5.89. The van der Waals surface area contributed by atoms with Crippen molar-refractivity contribution in [3.63, 3.8) is 0 Å². The fourth-order valence-electron chi connectivity index (χ4n) is 4.40. The van der Waals surface area contributed by atoms with Gasteiger partial charge in [-0.1, -0.05) is 18.2 Å². The number of carbonyl (C=O) groups is 1. The summed E-state index contributed by atoms with van der Waals surface area (Å²) in [6, 6.07) is 12.7. The molecule has 0 spiro atoms. The van der Waals surface area contributed by atoms with Crippen molar-refractivity contribution in [3.8, 4) is 11.5 Å². The molecule has 2 fully saturated rings. The number of nitrogens with zero attached hydrogens (tertiary/aromatic N) is 1. The summed E-state index contributed by atoms with van der Waals surface area (Å²) in [5.41, 5.74) is 2.17. The highest BCUT2D eigenvalue weighted by Gasteiger charge is 2.47. The summed E-state index contributed by atoms with van der Waals surface area (Å²) in [6.45, 7) is 1.93. The first kappa shape index (κ1) is 16.6. The van der Waals surface area contributed by atoms with E-state index in [1.807, 2.05) is 23.1 Å². The van der Waals surface area contributed by atoms with Crippen LogP contribution in [0.1, 0.15) is 42.3 Å². The van der Waals surface area contributed by atoms with Crippen molar-refractivity contribution in [2.75, 3.05) is 19.8 Å². The lowest BCUT2D eigenvalue weighted by Crippen LogP contribution is -2.32. The van der Waals surface area contributed by atoms with E-state index in [2.05, 4.69) is 0 Å². The number of benzene rings is 2. The van der Waals surface area contributed by atoms with Crippen LogP contribution in [0.15, 0.2) is 42.5 Å². The zero-order chi connectivity index (χ0) is 18.4. The first-order valence-electron chi connectivity index (χ1n) is 9.66. The number of halogens is 1. The average Bonchev–Trinajstić information content (AvgIpc) is 3.35. The standard InChI is InChI=1S/C22H22FNO3/c23-16-6-3-14(4-7-16)17-13-18(17)22(25)24-9-1-2-19(24)15-5-8-20-21(12-15)27-11-10-26-20/h3-8,12,17-19H,1-2,9-11,13H2/t17-,18-,19+/m1/s1. The van der Waals surface area contributed by atoms with Crippen LogP contribution in [0, 0.1) is 11.7 Å². The molecule has 1 amide bonds. The summed E-state index contributed by atoms with van der Waals surface area (Å²) in [6.07, 6.45) is 2.84. The topological polar surface area (TPSA) is 38.8 Å². The number of carbonyl (C=O) groups excluding carboxylic acids is 1. The Balaban J connectivity index is 1.33. The van der Waals surface area contributed by atoms with E-state index in [-0.39, 0.29) is 29.6 Å². The largest absolute Gasteiger partial charge is 0.486 e. The smallest absolute Gasteiger partial charge is 0.226 e. The molecule has 4 nitrogen and oxygen atoms in total. The van der Waals surface area contributed by atoms with Gasteiger partial charge in [-0.25, -0.2) is 4.39 Å². The van der Waals surface area contributed by atoms with Crippen molar-refractivity contribution in [3.05, 3.63) is 59.4 Å². The molecule has 5 heteroatoms. The van der Waals surface area contributed by atoms with E-state index in [1.54, 1.807) is 12.1 Å². The second kappa shape index (κ2) is 6.55. The Bertz CT molecular complexity index is 866. The van der Waals surface area contributed by atoms with Crippen LogP contribution in [0.2, 0.25) is 0 Å². The highest BCUT2D eigenvalue weighted by Crippen LogP contribution is 2.50. The number of hydrogen-bond donors (Lipinski definition) is 0. The number of ether oxygens (including phenoxy) is 2. The number of rotatable bonds is 3. The number of fused-ring (bicyclic) bond motifs is 1. The van der Waals surface area contributed by atoms with Gasteiger partial charge in [-0.15, -0.1) is 0 Å². The summed E-state index contributed by atoms with van der Waals surface area (Å²) >= 11 is 0. The average molecular weight is 367 g/mol. The minimum Gasteiger partial charge on any atom is -0.486 e. The summed E-state index contributed by atoms with van der Waals surface area (Å²) < 4.78 is 24.4. The maximum atomic E-state index is 13.1. The number of likely N-dealkylation sites (tertiary alicyclic amines) is 1. The van der Waals surface area contributed by atoms with Gasteiger partial charge in [0, 0.05) is 12.5 Å². The molecule has 1 saturated heterocycles. The molecular weight excluding hydrogens is 345 g/mol. The van der Waals surface area contributed by atoms with Gasteiger partial charge in [0.1, 0.15) is 19.0 Å². The molecular formula is C22H22FNO3. The van der Waals surface area contributed by atoms with Gasteiger partial charge in [0.25, 0.3) is 0 Å². The zero-order valence-corrected chi connectivity index (χ0v) is 15.1. The van der Waals surface area contributed by atoms with Gasteiger partial charge < -0.3 is 14.4 Å². The molecule has 3 atom stereocenters. The normalized spacial score (nSPS) is 26.1. The molecule has 0 N–H and O–H groups in total. The molecule has 0 radical (unpaired) electrons. The summed E-state index contributed by atoms with van der Waals surface area (Å²) in [7, 11) is 0. The lowest BCUT2D eigenvalue weighted by atomic mass is 10.0. The number of amides is 1. The molecule has 0 bridgehead atoms. The maximum Gasteiger partial charge on any atom is 0.226 e. The van der Waals surface area contributed by atoms with E-state index in [9.17, 15) is 9.18 Å². The third-order valence-electron chi connectivity index (χ3n) is 5.89. The van der Waals surface area contributed by atoms with Crippen molar-refractivity contribution < 1.29 is 18.7 Å². The van der Waals surface area contributed by atoms with Crippen LogP contribution in [-0.2, 0) is 4.79 Å². The van der Waals surface area contributed by atoms with E-state index in [0.29, 0.717) is 13.2 Å². The van der Waals surface area contributed by atoms with Crippen molar-refractivity contribution in [1.29, 1.82) is 0 Å². The Morgan fingerprint density at radius 1 is 1.00 bits per heavy atom. The van der Waals surface area contributed by atoms with Gasteiger partial charge in [-0.2, -0.15) is 0 Å². The van der Waals surface area contributed by atoms with Crippen LogP contribution in [0.5, 0.6) is 11.5 Å². The Morgan fingerprint density at radius 2 is 1.74 bits per heavy atom. The summed E-state index contributed by atoms with van der Waals surface area (Å²) in [5, 5.41) is 0. The SMILES string of the molecule is O=C([C@@H]1C[C@@H]1c1ccc(F)cc1)N1CCC[C@H]1c1ccc2c(c1)OCCO2. The molecule has 2 heterocycles. The highest BCUT2D eigenvalue weighted by molar-refractivity contribution is 5.83. The molecule has 140 valence electrons. The van der Waals surface area contributed by atoms with Crippen LogP contribution >= 0.6 is 0 Å². The van der Waals surface area contributed by atoms with Crippen LogP contribution in [-0.4, -0.2) is 30.6 Å². The molecule has 27 heavy (non-hydrogen) atoms. The van der Waals surface area contributed by atoms with Crippen LogP contribution in [0.25, 0.3) is 0 Å². The lowest BCUT2D eigenvalue weighted by Gasteiger charge is -2.27. The minimum absolute atomic E-state index is 0.0215. The summed E-state index contributed by atoms with van der Waals surface area (Å²) in [4.78, 5) is 15.2. The monoisotopic (exact) mass is 367 g/mol. The van der Waals surface area contributed by atoms with E-state index in [0.717, 1.165) is 48.4 Å². The lowest BCUT2D eigenvalue weighted by molar-refractivity contribution is -0.133. The van der Waals surface area contributed by atoms with E-state index < -0.39 is 0 Å². The Hall–Kier alpha value is -2.56. The first-order valence-corrected chi connectivity index (χ1v) is 9.66. The molecule has 1 aliphatic carbocycles. The Morgan fingerprint density at radius 3 is 2.56 bits per heavy atom. The number of hydrogen-bond acceptors (Lipinski definition) is 3. The van der Waals surface area contributed by atoms with Gasteiger partial charge in [-0.3, -0.25) is 4.79 Å². The van der Waals surface area contributed by atoms with Gasteiger partial charge >= 0.3 is 0 Å². The van der Waals surface area contributed by atoms with Gasteiger partial charge in [-0.05, 0) is 60.6 Å². The molecule has 2 aromatic rings. The molecule has 3 aliphatic rings. The minimum atomic E-state index is -0.236. The molecule has 0 unspecified atom stereocenters. The Labute approximate surface area is 157 Å². The van der Waals surface area contributed by atoms with Crippen LogP contribution in [0.3, 0.4) is 0 Å². The quantitative estimate of drug-likeness (QED) is 0.821. The van der Waals surface area contributed by atoms with E-state index in [1.165, 1.54) is 12.1 Å². The predicted octanol–water partition coefficient (Wildman–Crippen LogP) is 4.06. The third kappa shape index (κ3) is 3.05. The fraction of sp³-hybridized carbons (Fsp3) is 0.409. The van der Waals surface area contributed by atoms with Crippen LogP contribution in [0.4, 0.5) is 4.39 Å². The van der Waals surface area contributed by atoms with Crippen LogP contribution < -0.4 is 9.47 Å². The van der Waals surface area contributed by atoms with Gasteiger partial charge in [0.15, 0.2) is 11.5 Å².